The molecule has 0 aliphatic heterocycles. The molecule has 0 saturated heterocycles. The van der Waals surface area contributed by atoms with Gasteiger partial charge in [0.2, 0.25) is 0 Å². The van der Waals surface area contributed by atoms with Crippen molar-refractivity contribution in [1.29, 1.82) is 0 Å². The number of anilines is 2. The van der Waals surface area contributed by atoms with Crippen molar-refractivity contribution in [3.8, 4) is 0 Å². The summed E-state index contributed by atoms with van der Waals surface area (Å²) in [5.74, 6) is -0.651. The number of carbonyl (C=O) groups is 2. The van der Waals surface area contributed by atoms with Gasteiger partial charge in [0.1, 0.15) is 5.69 Å². The first-order valence-corrected chi connectivity index (χ1v) is 7.83. The summed E-state index contributed by atoms with van der Waals surface area (Å²) in [6.07, 6.45) is 1.45. The molecule has 2 N–H and O–H groups in total. The molecule has 25 heavy (non-hydrogen) atoms. The summed E-state index contributed by atoms with van der Waals surface area (Å²) in [7, 11) is 0. The van der Waals surface area contributed by atoms with Crippen LogP contribution in [0.3, 0.4) is 0 Å². The van der Waals surface area contributed by atoms with Crippen LogP contribution in [0.15, 0.2) is 72.9 Å². The molecular weight excluding hydrogens is 314 g/mol. The lowest BCUT2D eigenvalue weighted by Gasteiger charge is -2.09. The lowest BCUT2D eigenvalue weighted by Crippen LogP contribution is -2.17. The molecule has 5 nitrogen and oxygen atoms in total. The number of pyridine rings is 1. The molecule has 0 saturated carbocycles. The zero-order valence-corrected chi connectivity index (χ0v) is 13.7. The molecule has 3 rings (SSSR count). The van der Waals surface area contributed by atoms with Gasteiger partial charge in [-0.2, -0.15) is 0 Å². The van der Waals surface area contributed by atoms with Crippen LogP contribution in [-0.4, -0.2) is 16.8 Å². The Morgan fingerprint density at radius 1 is 0.840 bits per heavy atom. The predicted octanol–water partition coefficient (Wildman–Crippen LogP) is 3.89. The normalized spacial score (nSPS) is 10.1. The smallest absolute Gasteiger partial charge is 0.274 e. The highest BCUT2D eigenvalue weighted by molar-refractivity contribution is 6.08. The van der Waals surface area contributed by atoms with Crippen molar-refractivity contribution in [3.05, 3.63) is 89.7 Å². The van der Waals surface area contributed by atoms with Gasteiger partial charge in [-0.3, -0.25) is 14.6 Å². The molecule has 2 amide bonds. The number of hydrogen-bond acceptors (Lipinski definition) is 3. The molecule has 0 aliphatic rings. The van der Waals surface area contributed by atoms with E-state index in [0.717, 1.165) is 11.3 Å². The monoisotopic (exact) mass is 331 g/mol. The highest BCUT2D eigenvalue weighted by Gasteiger charge is 2.13. The Balaban J connectivity index is 1.76. The quantitative estimate of drug-likeness (QED) is 0.762. The van der Waals surface area contributed by atoms with Gasteiger partial charge in [-0.25, -0.2) is 0 Å². The molecule has 0 atom stereocenters. The molecule has 1 aromatic heterocycles. The van der Waals surface area contributed by atoms with Crippen LogP contribution >= 0.6 is 0 Å². The highest BCUT2D eigenvalue weighted by Crippen LogP contribution is 2.15. The van der Waals surface area contributed by atoms with Gasteiger partial charge in [0.25, 0.3) is 11.8 Å². The van der Waals surface area contributed by atoms with Crippen molar-refractivity contribution in [2.24, 2.45) is 0 Å². The fourth-order valence-corrected chi connectivity index (χ4v) is 2.32. The number of nitrogens with zero attached hydrogens (tertiary/aromatic N) is 1. The van der Waals surface area contributed by atoms with Gasteiger partial charge in [0, 0.05) is 23.1 Å². The third kappa shape index (κ3) is 4.09. The standard InChI is InChI=1S/C20H17N3O2/c1-14-7-5-6-10-17(14)23-19(24)15-11-12-21-18(13-15)20(25)22-16-8-3-2-4-9-16/h2-13H,1H3,(H,22,25)(H,23,24). The van der Waals surface area contributed by atoms with E-state index in [1.54, 1.807) is 18.2 Å². The molecule has 0 radical (unpaired) electrons. The summed E-state index contributed by atoms with van der Waals surface area (Å²) in [5, 5.41) is 5.59. The van der Waals surface area contributed by atoms with Crippen LogP contribution in [-0.2, 0) is 0 Å². The molecular formula is C20H17N3O2. The minimum absolute atomic E-state index is 0.182. The first-order chi connectivity index (χ1) is 12.1. The summed E-state index contributed by atoms with van der Waals surface area (Å²) < 4.78 is 0. The number of nitrogens with one attached hydrogen (secondary N) is 2. The van der Waals surface area contributed by atoms with Crippen LogP contribution in [0.2, 0.25) is 0 Å². The summed E-state index contributed by atoms with van der Waals surface area (Å²) in [4.78, 5) is 28.8. The lowest BCUT2D eigenvalue weighted by molar-refractivity contribution is 0.102. The number of aryl methyl sites for hydroxylation is 1. The first-order valence-electron chi connectivity index (χ1n) is 7.83. The van der Waals surface area contributed by atoms with Gasteiger partial charge in [-0.15, -0.1) is 0 Å². The van der Waals surface area contributed by atoms with E-state index in [4.69, 9.17) is 0 Å². The number of benzene rings is 2. The molecule has 1 heterocycles. The van der Waals surface area contributed by atoms with Crippen LogP contribution in [0.4, 0.5) is 11.4 Å². The zero-order chi connectivity index (χ0) is 17.6. The zero-order valence-electron chi connectivity index (χ0n) is 13.7. The van der Waals surface area contributed by atoms with Crippen molar-refractivity contribution >= 4 is 23.2 Å². The van der Waals surface area contributed by atoms with E-state index in [0.29, 0.717) is 11.3 Å². The van der Waals surface area contributed by atoms with E-state index in [1.807, 2.05) is 49.4 Å². The minimum Gasteiger partial charge on any atom is -0.322 e. The van der Waals surface area contributed by atoms with Crippen molar-refractivity contribution in [3.63, 3.8) is 0 Å². The Morgan fingerprint density at radius 2 is 1.56 bits per heavy atom. The Bertz CT molecular complexity index is 908. The molecule has 0 fully saturated rings. The Morgan fingerprint density at radius 3 is 2.32 bits per heavy atom. The largest absolute Gasteiger partial charge is 0.322 e. The van der Waals surface area contributed by atoms with E-state index in [9.17, 15) is 9.59 Å². The highest BCUT2D eigenvalue weighted by atomic mass is 16.2. The maximum Gasteiger partial charge on any atom is 0.274 e. The number of para-hydroxylation sites is 2. The third-order valence-electron chi connectivity index (χ3n) is 3.68. The van der Waals surface area contributed by atoms with Gasteiger partial charge >= 0.3 is 0 Å². The van der Waals surface area contributed by atoms with E-state index in [1.165, 1.54) is 12.3 Å². The van der Waals surface area contributed by atoms with E-state index >= 15 is 0 Å². The van der Waals surface area contributed by atoms with Crippen molar-refractivity contribution in [2.45, 2.75) is 6.92 Å². The fraction of sp³-hybridized carbons (Fsp3) is 0.0500. The van der Waals surface area contributed by atoms with E-state index in [-0.39, 0.29) is 17.5 Å². The number of aromatic nitrogens is 1. The molecule has 0 spiro atoms. The van der Waals surface area contributed by atoms with Crippen LogP contribution in [0.5, 0.6) is 0 Å². The number of hydrogen-bond donors (Lipinski definition) is 2. The van der Waals surface area contributed by atoms with Gasteiger partial charge in [-0.05, 0) is 42.8 Å². The molecule has 124 valence electrons. The maximum atomic E-state index is 12.4. The molecule has 0 bridgehead atoms. The Labute approximate surface area is 145 Å². The third-order valence-corrected chi connectivity index (χ3v) is 3.68. The number of amides is 2. The van der Waals surface area contributed by atoms with Gasteiger partial charge in [-0.1, -0.05) is 36.4 Å². The van der Waals surface area contributed by atoms with Gasteiger partial charge in [0.15, 0.2) is 0 Å². The van der Waals surface area contributed by atoms with Gasteiger partial charge in [0.05, 0.1) is 0 Å². The number of rotatable bonds is 4. The SMILES string of the molecule is Cc1ccccc1NC(=O)c1ccnc(C(=O)Nc2ccccc2)c1. The predicted molar refractivity (Wildman–Crippen MR) is 97.8 cm³/mol. The van der Waals surface area contributed by atoms with E-state index in [2.05, 4.69) is 15.6 Å². The lowest BCUT2D eigenvalue weighted by atomic mass is 10.1. The molecule has 2 aromatic carbocycles. The Hall–Kier alpha value is -3.47. The average molecular weight is 331 g/mol. The average Bonchev–Trinajstić information content (AvgIpc) is 2.64. The summed E-state index contributed by atoms with van der Waals surface area (Å²) in [5.41, 5.74) is 2.92. The van der Waals surface area contributed by atoms with Crippen molar-refractivity contribution < 1.29 is 9.59 Å². The molecule has 0 unspecified atom stereocenters. The number of carbonyl (C=O) groups excluding carboxylic acids is 2. The van der Waals surface area contributed by atoms with Gasteiger partial charge < -0.3 is 10.6 Å². The second kappa shape index (κ2) is 7.40. The maximum absolute atomic E-state index is 12.4. The van der Waals surface area contributed by atoms with Crippen LogP contribution in [0, 0.1) is 6.92 Å². The first kappa shape index (κ1) is 16.4. The topological polar surface area (TPSA) is 71.1 Å². The second-order valence-electron chi connectivity index (χ2n) is 5.52. The van der Waals surface area contributed by atoms with Crippen LogP contribution in [0.25, 0.3) is 0 Å². The van der Waals surface area contributed by atoms with Crippen LogP contribution < -0.4 is 10.6 Å². The molecule has 0 aliphatic carbocycles. The second-order valence-corrected chi connectivity index (χ2v) is 5.52. The molecule has 3 aromatic rings. The minimum atomic E-state index is -0.364. The van der Waals surface area contributed by atoms with Crippen LogP contribution in [0.1, 0.15) is 26.4 Å². The molecule has 5 heteroatoms. The Kier molecular flexibility index (Phi) is 4.85. The fourth-order valence-electron chi connectivity index (χ4n) is 2.32. The van der Waals surface area contributed by atoms with Crippen molar-refractivity contribution in [2.75, 3.05) is 10.6 Å². The van der Waals surface area contributed by atoms with Crippen molar-refractivity contribution in [1.82, 2.24) is 4.98 Å². The summed E-state index contributed by atoms with van der Waals surface area (Å²) >= 11 is 0. The van der Waals surface area contributed by atoms with E-state index < -0.39 is 0 Å². The summed E-state index contributed by atoms with van der Waals surface area (Å²) in [6.45, 7) is 1.92. The summed E-state index contributed by atoms with van der Waals surface area (Å²) in [6, 6.07) is 19.7.